The van der Waals surface area contributed by atoms with Crippen LogP contribution in [0.2, 0.25) is 0 Å². The van der Waals surface area contributed by atoms with E-state index in [0.29, 0.717) is 19.4 Å². The lowest BCUT2D eigenvalue weighted by molar-refractivity contribution is 0.142. The van der Waals surface area contributed by atoms with Gasteiger partial charge in [-0.25, -0.2) is 9.59 Å². The largest absolute Gasteiger partial charge is 0.445 e. The Morgan fingerprint density at radius 3 is 2.37 bits per heavy atom. The normalized spacial score (nSPS) is 20.6. The number of benzene rings is 1. The van der Waals surface area contributed by atoms with E-state index in [1.165, 1.54) is 4.90 Å². The molecule has 1 aromatic carbocycles. The zero-order chi connectivity index (χ0) is 22.3. The van der Waals surface area contributed by atoms with Crippen molar-refractivity contribution in [2.24, 2.45) is 0 Å². The molecule has 2 amide bonds. The van der Waals surface area contributed by atoms with E-state index in [4.69, 9.17) is 79.1 Å². The van der Waals surface area contributed by atoms with Gasteiger partial charge >= 0.3 is 12.2 Å². The summed E-state index contributed by atoms with van der Waals surface area (Å²) in [5, 5.41) is 2.81. The van der Waals surface area contributed by atoms with Gasteiger partial charge in [-0.2, -0.15) is 0 Å². The number of amides is 2. The molecule has 2 atom stereocenters. The fourth-order valence-corrected chi connectivity index (χ4v) is 4.68. The number of nitrogens with one attached hydrogen (secondary N) is 1. The molecule has 0 fully saturated rings. The lowest BCUT2D eigenvalue weighted by Gasteiger charge is -2.29. The van der Waals surface area contributed by atoms with Crippen molar-refractivity contribution in [2.75, 3.05) is 24.7 Å². The summed E-state index contributed by atoms with van der Waals surface area (Å²) in [6.07, 6.45) is -0.0710. The zero-order valence-electron chi connectivity index (χ0n) is 15.1. The number of hydrogen-bond acceptors (Lipinski definition) is 4. The SMILES string of the molecule is O=C(NC1Cc2c(I)ccc3c2C(C1)CN3C(=O)OCC(Cl)(Cl)Cl)OCC(Cl)(Cl)Cl. The van der Waals surface area contributed by atoms with E-state index in [1.807, 2.05) is 12.1 Å². The molecule has 30 heavy (non-hydrogen) atoms. The molecule has 2 unspecified atom stereocenters. The lowest BCUT2D eigenvalue weighted by atomic mass is 9.81. The highest BCUT2D eigenvalue weighted by Gasteiger charge is 2.41. The first-order valence-corrected chi connectivity index (χ1v) is 12.0. The Kier molecular flexibility index (Phi) is 7.97. The molecule has 1 N–H and O–H groups in total. The zero-order valence-corrected chi connectivity index (χ0v) is 21.8. The molecule has 6 nitrogen and oxygen atoms in total. The number of halogens is 7. The van der Waals surface area contributed by atoms with E-state index >= 15 is 0 Å². The molecule has 3 rings (SSSR count). The first-order valence-electron chi connectivity index (χ1n) is 8.66. The van der Waals surface area contributed by atoms with Gasteiger partial charge in [0.05, 0.1) is 5.69 Å². The van der Waals surface area contributed by atoms with Crippen molar-refractivity contribution in [3.05, 3.63) is 26.8 Å². The number of hydrogen-bond donors (Lipinski definition) is 1. The Morgan fingerprint density at radius 2 is 1.73 bits per heavy atom. The highest BCUT2D eigenvalue weighted by Crippen LogP contribution is 2.46. The maximum Gasteiger partial charge on any atom is 0.414 e. The van der Waals surface area contributed by atoms with Crippen LogP contribution in [-0.4, -0.2) is 45.6 Å². The maximum absolute atomic E-state index is 12.6. The number of carbonyl (C=O) groups excluding carboxylic acids is 2. The van der Waals surface area contributed by atoms with Crippen LogP contribution in [0.4, 0.5) is 15.3 Å². The van der Waals surface area contributed by atoms with Crippen LogP contribution in [0.1, 0.15) is 23.5 Å². The van der Waals surface area contributed by atoms with Gasteiger partial charge in [0.15, 0.2) is 0 Å². The average molecular weight is 651 g/mol. The first kappa shape index (κ1) is 24.9. The molecule has 1 aliphatic heterocycles. The predicted molar refractivity (Wildman–Crippen MR) is 128 cm³/mol. The summed E-state index contributed by atoms with van der Waals surface area (Å²) in [4.78, 5) is 26.2. The summed E-state index contributed by atoms with van der Waals surface area (Å²) in [5.74, 6) is 0.0113. The van der Waals surface area contributed by atoms with Crippen LogP contribution >= 0.6 is 92.2 Å². The summed E-state index contributed by atoms with van der Waals surface area (Å²) in [5.41, 5.74) is 2.90. The van der Waals surface area contributed by atoms with Crippen molar-refractivity contribution in [1.29, 1.82) is 0 Å². The Bertz CT molecular complexity index is 845. The first-order chi connectivity index (χ1) is 13.8. The number of rotatable bonds is 3. The third-order valence-corrected chi connectivity index (χ3v) is 6.33. The highest BCUT2D eigenvalue weighted by molar-refractivity contribution is 14.1. The Balaban J connectivity index is 1.72. The van der Waals surface area contributed by atoms with Crippen molar-refractivity contribution in [3.8, 4) is 0 Å². The molecule has 1 aromatic rings. The molecule has 0 bridgehead atoms. The summed E-state index contributed by atoms with van der Waals surface area (Å²) >= 11 is 36.1. The monoisotopic (exact) mass is 648 g/mol. The van der Waals surface area contributed by atoms with Crippen LogP contribution in [0.3, 0.4) is 0 Å². The average Bonchev–Trinajstić information content (AvgIpc) is 2.99. The van der Waals surface area contributed by atoms with Gasteiger partial charge in [0.2, 0.25) is 7.59 Å². The van der Waals surface area contributed by atoms with Gasteiger partial charge in [0.1, 0.15) is 13.2 Å². The standard InChI is InChI=1S/C17H15Cl6IN2O4/c18-16(19,20)6-29-14(27)25-9-3-8-5-26(15(28)30-7-17(21,22)23)12-2-1-11(24)10(4-9)13(8)12/h1-2,8-9H,3-7H2,(H,25,27). The predicted octanol–water partition coefficient (Wildman–Crippen LogP) is 6.11. The van der Waals surface area contributed by atoms with Gasteiger partial charge in [-0.1, -0.05) is 69.6 Å². The van der Waals surface area contributed by atoms with Crippen LogP contribution in [0.25, 0.3) is 0 Å². The van der Waals surface area contributed by atoms with Gasteiger partial charge in [-0.15, -0.1) is 0 Å². The summed E-state index contributed by atoms with van der Waals surface area (Å²) < 4.78 is 7.78. The molecule has 0 radical (unpaired) electrons. The van der Waals surface area contributed by atoms with Gasteiger partial charge in [0.25, 0.3) is 0 Å². The molecule has 0 saturated heterocycles. The molecule has 0 spiro atoms. The Morgan fingerprint density at radius 1 is 1.10 bits per heavy atom. The molecule has 2 aliphatic rings. The number of alkyl carbamates (subject to hydrolysis) is 1. The summed E-state index contributed by atoms with van der Waals surface area (Å²) in [6.45, 7) is -0.327. The number of anilines is 1. The molecule has 0 aromatic heterocycles. The molecule has 1 heterocycles. The molecular weight excluding hydrogens is 636 g/mol. The van der Waals surface area contributed by atoms with Gasteiger partial charge in [-0.05, 0) is 58.7 Å². The van der Waals surface area contributed by atoms with Crippen LogP contribution in [0, 0.1) is 3.57 Å². The smallest absolute Gasteiger partial charge is 0.414 e. The molecule has 166 valence electrons. The molecular formula is C17H15Cl6IN2O4. The van der Waals surface area contributed by atoms with E-state index < -0.39 is 19.8 Å². The number of nitrogens with zero attached hydrogens (tertiary/aromatic N) is 1. The van der Waals surface area contributed by atoms with E-state index in [9.17, 15) is 9.59 Å². The third-order valence-electron chi connectivity index (χ3n) is 4.67. The topological polar surface area (TPSA) is 67.9 Å². The van der Waals surface area contributed by atoms with Crippen molar-refractivity contribution in [1.82, 2.24) is 5.32 Å². The minimum absolute atomic E-state index is 0.0113. The second-order valence-electron chi connectivity index (χ2n) is 6.91. The van der Waals surface area contributed by atoms with E-state index in [1.54, 1.807) is 0 Å². The van der Waals surface area contributed by atoms with Crippen molar-refractivity contribution >= 4 is 110 Å². The molecule has 0 saturated carbocycles. The molecule has 13 heteroatoms. The van der Waals surface area contributed by atoms with Crippen LogP contribution in [-0.2, 0) is 15.9 Å². The fourth-order valence-electron chi connectivity index (χ4n) is 3.66. The van der Waals surface area contributed by atoms with Crippen LogP contribution < -0.4 is 10.2 Å². The minimum Gasteiger partial charge on any atom is -0.445 e. The second-order valence-corrected chi connectivity index (χ2v) is 13.1. The van der Waals surface area contributed by atoms with Crippen molar-refractivity contribution in [3.63, 3.8) is 0 Å². The Hall–Kier alpha value is 0.230. The van der Waals surface area contributed by atoms with Crippen LogP contribution in [0.5, 0.6) is 0 Å². The summed E-state index contributed by atoms with van der Waals surface area (Å²) in [7, 11) is 0. The summed E-state index contributed by atoms with van der Waals surface area (Å²) in [6, 6.07) is 3.59. The second kappa shape index (κ2) is 9.61. The quantitative estimate of drug-likeness (QED) is 0.317. The van der Waals surface area contributed by atoms with E-state index in [2.05, 4.69) is 27.9 Å². The number of ether oxygens (including phenoxy) is 2. The van der Waals surface area contributed by atoms with Gasteiger partial charge < -0.3 is 14.8 Å². The van der Waals surface area contributed by atoms with Crippen molar-refractivity contribution in [2.45, 2.75) is 32.4 Å². The number of carbonyl (C=O) groups is 2. The minimum atomic E-state index is -1.69. The van der Waals surface area contributed by atoms with Crippen molar-refractivity contribution < 1.29 is 19.1 Å². The van der Waals surface area contributed by atoms with E-state index in [-0.39, 0.29) is 25.2 Å². The van der Waals surface area contributed by atoms with Gasteiger partial charge in [0, 0.05) is 22.1 Å². The Labute approximate surface area is 216 Å². The van der Waals surface area contributed by atoms with E-state index in [0.717, 1.165) is 20.4 Å². The third kappa shape index (κ3) is 6.39. The highest BCUT2D eigenvalue weighted by atomic mass is 127. The van der Waals surface area contributed by atoms with Crippen LogP contribution in [0.15, 0.2) is 12.1 Å². The fraction of sp³-hybridized carbons (Fsp3) is 0.529. The lowest BCUT2D eigenvalue weighted by Crippen LogP contribution is -2.41. The number of alkyl halides is 6. The maximum atomic E-state index is 12.6. The van der Waals surface area contributed by atoms with Gasteiger partial charge in [-0.3, -0.25) is 4.90 Å². The molecule has 1 aliphatic carbocycles.